The van der Waals surface area contributed by atoms with Gasteiger partial charge in [0.25, 0.3) is 0 Å². The Labute approximate surface area is 119 Å². The first-order valence-corrected chi connectivity index (χ1v) is 8.63. The minimum Gasteiger partial charge on any atom is -0.310 e. The predicted molar refractivity (Wildman–Crippen MR) is 81.3 cm³/mol. The van der Waals surface area contributed by atoms with Crippen molar-refractivity contribution in [3.8, 4) is 0 Å². The molecule has 110 valence electrons. The van der Waals surface area contributed by atoms with Crippen LogP contribution >= 0.6 is 0 Å². The molecular formula is C17H32N2. The molecule has 1 saturated heterocycles. The van der Waals surface area contributed by atoms with E-state index < -0.39 is 0 Å². The van der Waals surface area contributed by atoms with Crippen LogP contribution < -0.4 is 5.32 Å². The summed E-state index contributed by atoms with van der Waals surface area (Å²) >= 11 is 0. The summed E-state index contributed by atoms with van der Waals surface area (Å²) in [7, 11) is 0. The summed E-state index contributed by atoms with van der Waals surface area (Å²) in [5, 5.41) is 4.05. The number of nitrogens with zero attached hydrogens (tertiary/aromatic N) is 1. The minimum atomic E-state index is 0.775. The molecule has 2 aliphatic carbocycles. The molecule has 4 unspecified atom stereocenters. The van der Waals surface area contributed by atoms with Crippen molar-refractivity contribution in [3.05, 3.63) is 0 Å². The summed E-state index contributed by atoms with van der Waals surface area (Å²) in [4.78, 5) is 2.73. The summed E-state index contributed by atoms with van der Waals surface area (Å²) < 4.78 is 0. The maximum absolute atomic E-state index is 4.05. The summed E-state index contributed by atoms with van der Waals surface area (Å²) in [6.45, 7) is 9.94. The highest BCUT2D eigenvalue weighted by Gasteiger charge is 2.37. The second kappa shape index (κ2) is 5.73. The third-order valence-corrected chi connectivity index (χ3v) is 5.75. The summed E-state index contributed by atoms with van der Waals surface area (Å²) in [6, 6.07) is 2.52. The SMILES string of the molecule is CC1CCC(C(C)C)C(NC2CCN(C3CC3)C2)C1. The van der Waals surface area contributed by atoms with Crippen molar-refractivity contribution in [2.45, 2.75) is 77.4 Å². The molecule has 1 heterocycles. The molecular weight excluding hydrogens is 232 g/mol. The molecule has 2 nitrogen and oxygen atoms in total. The highest BCUT2D eigenvalue weighted by molar-refractivity contribution is 4.95. The number of hydrogen-bond donors (Lipinski definition) is 1. The van der Waals surface area contributed by atoms with Crippen LogP contribution in [0.5, 0.6) is 0 Å². The van der Waals surface area contributed by atoms with Gasteiger partial charge < -0.3 is 5.32 Å². The van der Waals surface area contributed by atoms with Crippen molar-refractivity contribution in [1.82, 2.24) is 10.2 Å². The normalized spacial score (nSPS) is 41.1. The Morgan fingerprint density at radius 2 is 1.84 bits per heavy atom. The van der Waals surface area contributed by atoms with Gasteiger partial charge in [-0.05, 0) is 49.9 Å². The monoisotopic (exact) mass is 264 g/mol. The number of nitrogens with one attached hydrogen (secondary N) is 1. The van der Waals surface area contributed by atoms with Gasteiger partial charge in [0.1, 0.15) is 0 Å². The fourth-order valence-corrected chi connectivity index (χ4v) is 4.39. The van der Waals surface area contributed by atoms with Gasteiger partial charge in [0.2, 0.25) is 0 Å². The Bertz CT molecular complexity index is 298. The second-order valence-electron chi connectivity index (χ2n) is 7.81. The predicted octanol–water partition coefficient (Wildman–Crippen LogP) is 3.27. The smallest absolute Gasteiger partial charge is 0.0210 e. The van der Waals surface area contributed by atoms with Gasteiger partial charge in [-0.15, -0.1) is 0 Å². The van der Waals surface area contributed by atoms with E-state index >= 15 is 0 Å². The minimum absolute atomic E-state index is 0.775. The molecule has 0 amide bonds. The van der Waals surface area contributed by atoms with E-state index in [1.807, 2.05) is 0 Å². The van der Waals surface area contributed by atoms with Gasteiger partial charge >= 0.3 is 0 Å². The Balaban J connectivity index is 1.54. The van der Waals surface area contributed by atoms with Crippen molar-refractivity contribution in [3.63, 3.8) is 0 Å². The van der Waals surface area contributed by atoms with E-state index in [2.05, 4.69) is 31.0 Å². The van der Waals surface area contributed by atoms with Crippen LogP contribution in [0.4, 0.5) is 0 Å². The number of likely N-dealkylation sites (tertiary alicyclic amines) is 1. The molecule has 3 fully saturated rings. The van der Waals surface area contributed by atoms with E-state index in [0.29, 0.717) is 0 Å². The van der Waals surface area contributed by atoms with Crippen LogP contribution in [0.1, 0.15) is 59.3 Å². The van der Waals surface area contributed by atoms with Gasteiger partial charge in [-0.25, -0.2) is 0 Å². The molecule has 3 aliphatic rings. The van der Waals surface area contributed by atoms with Crippen molar-refractivity contribution in [2.75, 3.05) is 13.1 Å². The topological polar surface area (TPSA) is 15.3 Å². The Hall–Kier alpha value is -0.0800. The van der Waals surface area contributed by atoms with Crippen LogP contribution in [-0.2, 0) is 0 Å². The molecule has 2 heteroatoms. The molecule has 0 bridgehead atoms. The molecule has 0 spiro atoms. The fourth-order valence-electron chi connectivity index (χ4n) is 4.39. The lowest BCUT2D eigenvalue weighted by Gasteiger charge is -2.39. The van der Waals surface area contributed by atoms with E-state index in [4.69, 9.17) is 0 Å². The first-order chi connectivity index (χ1) is 9.13. The third-order valence-electron chi connectivity index (χ3n) is 5.75. The Morgan fingerprint density at radius 3 is 2.53 bits per heavy atom. The summed E-state index contributed by atoms with van der Waals surface area (Å²) in [5.41, 5.74) is 0. The van der Waals surface area contributed by atoms with E-state index in [1.54, 1.807) is 0 Å². The van der Waals surface area contributed by atoms with Gasteiger partial charge in [-0.3, -0.25) is 4.90 Å². The van der Waals surface area contributed by atoms with Gasteiger partial charge in [-0.2, -0.15) is 0 Å². The first-order valence-electron chi connectivity index (χ1n) is 8.63. The summed E-state index contributed by atoms with van der Waals surface area (Å²) in [6.07, 6.45) is 8.59. The standard InChI is InChI=1S/C17H32N2/c1-12(2)16-7-4-13(3)10-17(16)18-14-8-9-19(11-14)15-5-6-15/h12-18H,4-11H2,1-3H3. The van der Waals surface area contributed by atoms with Crippen LogP contribution in [0.15, 0.2) is 0 Å². The zero-order chi connectivity index (χ0) is 13.4. The van der Waals surface area contributed by atoms with Crippen LogP contribution in [0, 0.1) is 17.8 Å². The number of rotatable bonds is 4. The quantitative estimate of drug-likeness (QED) is 0.838. The van der Waals surface area contributed by atoms with Crippen molar-refractivity contribution < 1.29 is 0 Å². The maximum Gasteiger partial charge on any atom is 0.0210 e. The molecule has 19 heavy (non-hydrogen) atoms. The van der Waals surface area contributed by atoms with Crippen LogP contribution in [0.3, 0.4) is 0 Å². The first kappa shape index (κ1) is 13.9. The van der Waals surface area contributed by atoms with E-state index in [9.17, 15) is 0 Å². The molecule has 1 N–H and O–H groups in total. The van der Waals surface area contributed by atoms with Crippen molar-refractivity contribution in [2.24, 2.45) is 17.8 Å². The molecule has 0 radical (unpaired) electrons. The van der Waals surface area contributed by atoms with Crippen LogP contribution in [-0.4, -0.2) is 36.1 Å². The van der Waals surface area contributed by atoms with Gasteiger partial charge in [0.05, 0.1) is 0 Å². The summed E-state index contributed by atoms with van der Waals surface area (Å²) in [5.74, 6) is 2.67. The molecule has 0 aromatic carbocycles. The molecule has 2 saturated carbocycles. The van der Waals surface area contributed by atoms with Crippen LogP contribution in [0.2, 0.25) is 0 Å². The van der Waals surface area contributed by atoms with E-state index in [0.717, 1.165) is 35.9 Å². The molecule has 3 rings (SSSR count). The largest absolute Gasteiger partial charge is 0.310 e. The van der Waals surface area contributed by atoms with Crippen molar-refractivity contribution in [1.29, 1.82) is 0 Å². The highest BCUT2D eigenvalue weighted by Crippen LogP contribution is 2.35. The second-order valence-corrected chi connectivity index (χ2v) is 7.81. The van der Waals surface area contributed by atoms with Crippen LogP contribution in [0.25, 0.3) is 0 Å². The Morgan fingerprint density at radius 1 is 1.05 bits per heavy atom. The van der Waals surface area contributed by atoms with Crippen molar-refractivity contribution >= 4 is 0 Å². The zero-order valence-electron chi connectivity index (χ0n) is 13.1. The molecule has 1 aliphatic heterocycles. The average Bonchev–Trinajstić information content (AvgIpc) is 3.10. The zero-order valence-corrected chi connectivity index (χ0v) is 13.1. The third kappa shape index (κ3) is 3.33. The highest BCUT2D eigenvalue weighted by atomic mass is 15.2. The van der Waals surface area contributed by atoms with Gasteiger partial charge in [0.15, 0.2) is 0 Å². The molecule has 0 aromatic rings. The van der Waals surface area contributed by atoms with E-state index in [-0.39, 0.29) is 0 Å². The maximum atomic E-state index is 4.05. The van der Waals surface area contributed by atoms with Gasteiger partial charge in [-0.1, -0.05) is 27.2 Å². The average molecular weight is 264 g/mol. The lowest BCUT2D eigenvalue weighted by molar-refractivity contribution is 0.158. The lowest BCUT2D eigenvalue weighted by atomic mass is 9.74. The van der Waals surface area contributed by atoms with E-state index in [1.165, 1.54) is 51.6 Å². The van der Waals surface area contributed by atoms with Gasteiger partial charge in [0, 0.05) is 31.2 Å². The fraction of sp³-hybridized carbons (Fsp3) is 1.00. The molecule has 0 aromatic heterocycles. The molecule has 4 atom stereocenters. The lowest BCUT2D eigenvalue weighted by Crippen LogP contribution is -2.48. The number of hydrogen-bond acceptors (Lipinski definition) is 2. The Kier molecular flexibility index (Phi) is 4.19.